The van der Waals surface area contributed by atoms with Crippen LogP contribution in [0, 0.1) is 6.07 Å². The van der Waals surface area contributed by atoms with E-state index in [0.717, 1.165) is 22.4 Å². The molecule has 4 rings (SSSR count). The van der Waals surface area contributed by atoms with Gasteiger partial charge >= 0.3 is 0 Å². The molecular formula is C22H16N. The summed E-state index contributed by atoms with van der Waals surface area (Å²) >= 11 is 0. The van der Waals surface area contributed by atoms with E-state index in [4.69, 9.17) is 0 Å². The molecular weight excluding hydrogens is 278 g/mol. The fourth-order valence-corrected chi connectivity index (χ4v) is 2.90. The number of nitrogens with zero attached hydrogens (tertiary/aromatic N) is 1. The number of fused-ring (bicyclic) bond motifs is 1. The smallest absolute Gasteiger partial charge is 0.0546 e. The molecule has 1 heteroatoms. The molecule has 0 heterocycles. The standard InChI is InChI=1S/C22H16N/c1-3-12-19(13-4-1)23(20-14-5-2-6-15-20)22-17-9-11-18-10-7-8-16-21(18)22/h1-15,17H. The Labute approximate surface area is 136 Å². The Balaban J connectivity index is 1.98. The van der Waals surface area contributed by atoms with Crippen molar-refractivity contribution >= 4 is 27.8 Å². The molecule has 0 N–H and O–H groups in total. The summed E-state index contributed by atoms with van der Waals surface area (Å²) in [6.07, 6.45) is 0. The van der Waals surface area contributed by atoms with Crippen LogP contribution in [0.15, 0.2) is 97.1 Å². The van der Waals surface area contributed by atoms with Gasteiger partial charge in [-0.25, -0.2) is 0 Å². The second kappa shape index (κ2) is 5.98. The molecule has 1 nitrogen and oxygen atoms in total. The van der Waals surface area contributed by atoms with Crippen molar-refractivity contribution in [2.75, 3.05) is 4.90 Å². The lowest BCUT2D eigenvalue weighted by Gasteiger charge is -2.26. The zero-order chi connectivity index (χ0) is 15.5. The van der Waals surface area contributed by atoms with Gasteiger partial charge in [0, 0.05) is 16.8 Å². The highest BCUT2D eigenvalue weighted by molar-refractivity contribution is 5.98. The normalized spacial score (nSPS) is 10.6. The summed E-state index contributed by atoms with van der Waals surface area (Å²) in [5.41, 5.74) is 3.42. The molecule has 4 aromatic carbocycles. The van der Waals surface area contributed by atoms with E-state index in [-0.39, 0.29) is 0 Å². The van der Waals surface area contributed by atoms with Crippen molar-refractivity contribution < 1.29 is 0 Å². The lowest BCUT2D eigenvalue weighted by molar-refractivity contribution is 1.30. The Bertz CT molecular complexity index is 869. The van der Waals surface area contributed by atoms with Gasteiger partial charge in [-0.2, -0.15) is 0 Å². The molecule has 0 saturated carbocycles. The third-order valence-electron chi connectivity index (χ3n) is 3.94. The quantitative estimate of drug-likeness (QED) is 0.440. The van der Waals surface area contributed by atoms with Crippen LogP contribution in [-0.4, -0.2) is 0 Å². The summed E-state index contributed by atoms with van der Waals surface area (Å²) in [5, 5.41) is 2.32. The molecule has 0 bridgehead atoms. The maximum Gasteiger partial charge on any atom is 0.0546 e. The number of hydrogen-bond acceptors (Lipinski definition) is 1. The molecule has 0 aliphatic carbocycles. The molecule has 0 atom stereocenters. The molecule has 23 heavy (non-hydrogen) atoms. The summed E-state index contributed by atoms with van der Waals surface area (Å²) in [6.45, 7) is 0. The molecule has 0 amide bonds. The van der Waals surface area contributed by atoms with Crippen LogP contribution in [0.25, 0.3) is 10.8 Å². The van der Waals surface area contributed by atoms with Gasteiger partial charge in [0.2, 0.25) is 0 Å². The van der Waals surface area contributed by atoms with E-state index < -0.39 is 0 Å². The van der Waals surface area contributed by atoms with Gasteiger partial charge in [0.05, 0.1) is 5.69 Å². The van der Waals surface area contributed by atoms with Crippen LogP contribution in [0.3, 0.4) is 0 Å². The van der Waals surface area contributed by atoms with Crippen molar-refractivity contribution in [2.24, 2.45) is 0 Å². The Morgan fingerprint density at radius 1 is 0.565 bits per heavy atom. The third kappa shape index (κ3) is 2.58. The number of benzene rings is 4. The van der Waals surface area contributed by atoms with Crippen LogP contribution in [0.4, 0.5) is 17.1 Å². The van der Waals surface area contributed by atoms with Gasteiger partial charge < -0.3 is 4.90 Å². The molecule has 0 spiro atoms. The Morgan fingerprint density at radius 3 is 1.83 bits per heavy atom. The molecule has 0 saturated heterocycles. The summed E-state index contributed by atoms with van der Waals surface area (Å²) in [7, 11) is 0. The van der Waals surface area contributed by atoms with Crippen molar-refractivity contribution in [1.82, 2.24) is 0 Å². The second-order valence-corrected chi connectivity index (χ2v) is 5.42. The first kappa shape index (κ1) is 13.6. The maximum atomic E-state index is 3.40. The first-order chi connectivity index (χ1) is 11.4. The van der Waals surface area contributed by atoms with Crippen molar-refractivity contribution in [1.29, 1.82) is 0 Å². The minimum Gasteiger partial charge on any atom is -0.310 e. The predicted octanol–water partition coefficient (Wildman–Crippen LogP) is 6.11. The van der Waals surface area contributed by atoms with Gasteiger partial charge in [-0.3, -0.25) is 0 Å². The van der Waals surface area contributed by atoms with E-state index in [1.54, 1.807) is 0 Å². The lowest BCUT2D eigenvalue weighted by Crippen LogP contribution is -2.10. The highest BCUT2D eigenvalue weighted by Gasteiger charge is 2.14. The van der Waals surface area contributed by atoms with Crippen molar-refractivity contribution in [3.63, 3.8) is 0 Å². The van der Waals surface area contributed by atoms with E-state index in [1.165, 1.54) is 5.39 Å². The molecule has 0 fully saturated rings. The molecule has 4 aromatic rings. The van der Waals surface area contributed by atoms with E-state index in [0.29, 0.717) is 0 Å². The van der Waals surface area contributed by atoms with Crippen LogP contribution in [0.5, 0.6) is 0 Å². The summed E-state index contributed by atoms with van der Waals surface area (Å²) < 4.78 is 0. The highest BCUT2D eigenvalue weighted by Crippen LogP contribution is 2.37. The van der Waals surface area contributed by atoms with Gasteiger partial charge in [-0.05, 0) is 41.8 Å². The average Bonchev–Trinajstić information content (AvgIpc) is 2.64. The SMILES string of the molecule is [c]1cccc2cccc(N(c3ccccc3)c3ccccc3)c12. The van der Waals surface area contributed by atoms with Gasteiger partial charge in [0.25, 0.3) is 0 Å². The van der Waals surface area contributed by atoms with Gasteiger partial charge in [-0.1, -0.05) is 66.7 Å². The summed E-state index contributed by atoms with van der Waals surface area (Å²) in [5.74, 6) is 0. The van der Waals surface area contributed by atoms with E-state index in [1.807, 2.05) is 24.3 Å². The third-order valence-corrected chi connectivity index (χ3v) is 3.94. The Kier molecular flexibility index (Phi) is 3.53. The fourth-order valence-electron chi connectivity index (χ4n) is 2.90. The minimum absolute atomic E-state index is 1.13. The number of rotatable bonds is 3. The van der Waals surface area contributed by atoms with Crippen molar-refractivity contribution in [3.8, 4) is 0 Å². The molecule has 0 unspecified atom stereocenters. The second-order valence-electron chi connectivity index (χ2n) is 5.42. The van der Waals surface area contributed by atoms with Crippen molar-refractivity contribution in [3.05, 3.63) is 103 Å². The van der Waals surface area contributed by atoms with Crippen LogP contribution in [-0.2, 0) is 0 Å². The van der Waals surface area contributed by atoms with E-state index in [2.05, 4.69) is 83.8 Å². The van der Waals surface area contributed by atoms with Crippen LogP contribution < -0.4 is 4.90 Å². The predicted molar refractivity (Wildman–Crippen MR) is 97.5 cm³/mol. The summed E-state index contributed by atoms with van der Waals surface area (Å²) in [4.78, 5) is 2.28. The Hall–Kier alpha value is -3.06. The topological polar surface area (TPSA) is 3.24 Å². The molecule has 1 radical (unpaired) electrons. The number of anilines is 3. The molecule has 0 aromatic heterocycles. The maximum absolute atomic E-state index is 3.40. The highest BCUT2D eigenvalue weighted by atomic mass is 15.1. The molecule has 0 aliphatic heterocycles. The minimum atomic E-state index is 1.13. The lowest BCUT2D eigenvalue weighted by atomic mass is 10.1. The van der Waals surface area contributed by atoms with Gasteiger partial charge in [-0.15, -0.1) is 0 Å². The number of para-hydroxylation sites is 2. The van der Waals surface area contributed by atoms with Gasteiger partial charge in [0.1, 0.15) is 0 Å². The zero-order valence-electron chi connectivity index (χ0n) is 12.7. The van der Waals surface area contributed by atoms with Crippen molar-refractivity contribution in [2.45, 2.75) is 0 Å². The van der Waals surface area contributed by atoms with E-state index in [9.17, 15) is 0 Å². The van der Waals surface area contributed by atoms with E-state index >= 15 is 0 Å². The number of hydrogen-bond donors (Lipinski definition) is 0. The van der Waals surface area contributed by atoms with Crippen LogP contribution in [0.2, 0.25) is 0 Å². The molecule has 0 aliphatic rings. The monoisotopic (exact) mass is 294 g/mol. The Morgan fingerprint density at radius 2 is 1.17 bits per heavy atom. The van der Waals surface area contributed by atoms with Crippen LogP contribution in [0.1, 0.15) is 0 Å². The van der Waals surface area contributed by atoms with Crippen LogP contribution >= 0.6 is 0 Å². The first-order valence-corrected chi connectivity index (χ1v) is 7.73. The van der Waals surface area contributed by atoms with Gasteiger partial charge in [0.15, 0.2) is 0 Å². The average molecular weight is 294 g/mol. The fraction of sp³-hybridized carbons (Fsp3) is 0. The zero-order valence-corrected chi connectivity index (χ0v) is 12.7. The molecule has 109 valence electrons. The first-order valence-electron chi connectivity index (χ1n) is 7.73. The largest absolute Gasteiger partial charge is 0.310 e. The summed E-state index contributed by atoms with van der Waals surface area (Å²) in [6, 6.07) is 36.8.